The van der Waals surface area contributed by atoms with Gasteiger partial charge in [-0.05, 0) is 54.3 Å². The van der Waals surface area contributed by atoms with Gasteiger partial charge in [-0.15, -0.1) is 0 Å². The van der Waals surface area contributed by atoms with Crippen LogP contribution in [0.25, 0.3) is 5.57 Å². The minimum absolute atomic E-state index is 0.241. The van der Waals surface area contributed by atoms with Crippen molar-refractivity contribution >= 4 is 40.4 Å². The summed E-state index contributed by atoms with van der Waals surface area (Å²) in [5, 5.41) is 3.73. The van der Waals surface area contributed by atoms with Crippen LogP contribution >= 0.6 is 11.6 Å². The summed E-state index contributed by atoms with van der Waals surface area (Å²) in [6.07, 6.45) is 0.886. The number of anilines is 2. The van der Waals surface area contributed by atoms with Crippen molar-refractivity contribution in [1.29, 1.82) is 0 Å². The van der Waals surface area contributed by atoms with E-state index in [0.717, 1.165) is 17.5 Å². The number of hydrogen-bond acceptors (Lipinski definition) is 3. The number of halogens is 1. The number of imide groups is 1. The first-order valence-electron chi connectivity index (χ1n) is 9.80. The van der Waals surface area contributed by atoms with Crippen LogP contribution in [0.3, 0.4) is 0 Å². The Hall–Kier alpha value is -3.37. The van der Waals surface area contributed by atoms with E-state index < -0.39 is 0 Å². The van der Waals surface area contributed by atoms with E-state index in [0.29, 0.717) is 27.5 Å². The largest absolute Gasteiger partial charge is 0.350 e. The Kier molecular flexibility index (Phi) is 5.42. The number of carbonyl (C=O) groups is 2. The standard InChI is InChI=1S/C25H21ClN2O2/c1-3-17-10-13-20(14-11-17)28-24(29)22(18-7-5-4-6-8-18)23(25(28)30)27-19-12-9-16(2)21(26)15-19/h4-15,27H,3H2,1-2H3. The van der Waals surface area contributed by atoms with Gasteiger partial charge < -0.3 is 5.32 Å². The molecule has 1 aliphatic heterocycles. The molecule has 150 valence electrons. The Balaban J connectivity index is 1.79. The number of amides is 2. The molecule has 3 aromatic carbocycles. The summed E-state index contributed by atoms with van der Waals surface area (Å²) in [4.78, 5) is 28.0. The Morgan fingerprint density at radius 1 is 0.900 bits per heavy atom. The molecule has 0 spiro atoms. The number of hydrogen-bond donors (Lipinski definition) is 1. The molecule has 0 fully saturated rings. The molecule has 0 aliphatic carbocycles. The fraction of sp³-hybridized carbons (Fsp3) is 0.120. The summed E-state index contributed by atoms with van der Waals surface area (Å²) in [5.74, 6) is -0.740. The topological polar surface area (TPSA) is 49.4 Å². The van der Waals surface area contributed by atoms with Gasteiger partial charge in [0.15, 0.2) is 0 Å². The molecule has 0 aromatic heterocycles. The zero-order valence-electron chi connectivity index (χ0n) is 16.8. The van der Waals surface area contributed by atoms with Gasteiger partial charge in [0, 0.05) is 10.7 Å². The van der Waals surface area contributed by atoms with Gasteiger partial charge in [-0.1, -0.05) is 67.1 Å². The maximum Gasteiger partial charge on any atom is 0.282 e. The first-order valence-corrected chi connectivity index (χ1v) is 10.2. The van der Waals surface area contributed by atoms with E-state index in [-0.39, 0.29) is 17.5 Å². The second-order valence-electron chi connectivity index (χ2n) is 7.17. The summed E-state index contributed by atoms with van der Waals surface area (Å²) in [7, 11) is 0. The average Bonchev–Trinajstić information content (AvgIpc) is 3.01. The molecule has 0 saturated carbocycles. The van der Waals surface area contributed by atoms with E-state index in [2.05, 4.69) is 12.2 Å². The highest BCUT2D eigenvalue weighted by molar-refractivity contribution is 6.46. The van der Waals surface area contributed by atoms with Crippen molar-refractivity contribution in [3.63, 3.8) is 0 Å². The van der Waals surface area contributed by atoms with Gasteiger partial charge in [-0.2, -0.15) is 0 Å². The predicted octanol–water partition coefficient (Wildman–Crippen LogP) is 5.61. The van der Waals surface area contributed by atoms with Crippen molar-refractivity contribution in [3.05, 3.63) is 100 Å². The molecule has 4 rings (SSSR count). The monoisotopic (exact) mass is 416 g/mol. The minimum atomic E-state index is -0.389. The molecule has 1 heterocycles. The smallest absolute Gasteiger partial charge is 0.282 e. The second-order valence-corrected chi connectivity index (χ2v) is 7.58. The molecule has 0 bridgehead atoms. The van der Waals surface area contributed by atoms with Crippen molar-refractivity contribution in [1.82, 2.24) is 0 Å². The molecule has 0 radical (unpaired) electrons. The molecular weight excluding hydrogens is 396 g/mol. The molecule has 0 saturated heterocycles. The summed E-state index contributed by atoms with van der Waals surface area (Å²) in [5.41, 5.74) is 4.55. The van der Waals surface area contributed by atoms with Gasteiger partial charge in [0.2, 0.25) is 0 Å². The van der Waals surface area contributed by atoms with Crippen molar-refractivity contribution < 1.29 is 9.59 Å². The van der Waals surface area contributed by atoms with E-state index in [9.17, 15) is 9.59 Å². The van der Waals surface area contributed by atoms with Crippen LogP contribution in [0.15, 0.2) is 78.5 Å². The highest BCUT2D eigenvalue weighted by Crippen LogP contribution is 2.34. The van der Waals surface area contributed by atoms with Crippen LogP contribution in [0, 0.1) is 6.92 Å². The zero-order chi connectivity index (χ0) is 21.3. The lowest BCUT2D eigenvalue weighted by molar-refractivity contribution is -0.120. The summed E-state index contributed by atoms with van der Waals surface area (Å²) < 4.78 is 0. The Labute approximate surface area is 180 Å². The van der Waals surface area contributed by atoms with E-state index in [4.69, 9.17) is 11.6 Å². The van der Waals surface area contributed by atoms with E-state index >= 15 is 0 Å². The Morgan fingerprint density at radius 2 is 1.60 bits per heavy atom. The minimum Gasteiger partial charge on any atom is -0.350 e. The third-order valence-electron chi connectivity index (χ3n) is 5.19. The van der Waals surface area contributed by atoms with Crippen LogP contribution in [0.2, 0.25) is 5.02 Å². The normalized spacial score (nSPS) is 13.9. The number of benzene rings is 3. The number of nitrogens with one attached hydrogen (secondary N) is 1. The van der Waals surface area contributed by atoms with Gasteiger partial charge in [0.1, 0.15) is 5.70 Å². The van der Waals surface area contributed by atoms with Gasteiger partial charge in [0.25, 0.3) is 11.8 Å². The molecule has 0 unspecified atom stereocenters. The second kappa shape index (κ2) is 8.17. The van der Waals surface area contributed by atoms with E-state index in [1.807, 2.05) is 73.7 Å². The van der Waals surface area contributed by atoms with Crippen LogP contribution in [-0.2, 0) is 16.0 Å². The van der Waals surface area contributed by atoms with Gasteiger partial charge in [-0.25, -0.2) is 4.90 Å². The molecule has 4 nitrogen and oxygen atoms in total. The molecule has 5 heteroatoms. The highest BCUT2D eigenvalue weighted by Gasteiger charge is 2.40. The first kappa shape index (κ1) is 19.9. The number of nitrogens with zero attached hydrogens (tertiary/aromatic N) is 1. The Morgan fingerprint density at radius 3 is 2.23 bits per heavy atom. The van der Waals surface area contributed by atoms with Crippen LogP contribution < -0.4 is 10.2 Å². The molecule has 30 heavy (non-hydrogen) atoms. The highest BCUT2D eigenvalue weighted by atomic mass is 35.5. The fourth-order valence-electron chi connectivity index (χ4n) is 3.45. The van der Waals surface area contributed by atoms with E-state index in [1.54, 1.807) is 6.07 Å². The molecule has 0 atom stereocenters. The van der Waals surface area contributed by atoms with Crippen LogP contribution in [0.4, 0.5) is 11.4 Å². The lowest BCUT2D eigenvalue weighted by Crippen LogP contribution is -2.32. The summed E-state index contributed by atoms with van der Waals surface area (Å²) in [6.45, 7) is 3.97. The SMILES string of the molecule is CCc1ccc(N2C(=O)C(Nc3ccc(C)c(Cl)c3)=C(c3ccccc3)C2=O)cc1. The van der Waals surface area contributed by atoms with Crippen molar-refractivity contribution in [2.75, 3.05) is 10.2 Å². The Bertz CT molecular complexity index is 1150. The molecule has 1 aliphatic rings. The first-order chi connectivity index (χ1) is 14.5. The van der Waals surface area contributed by atoms with Gasteiger partial charge in [-0.3, -0.25) is 9.59 Å². The van der Waals surface area contributed by atoms with Crippen LogP contribution in [0.1, 0.15) is 23.6 Å². The van der Waals surface area contributed by atoms with Crippen molar-refractivity contribution in [2.24, 2.45) is 0 Å². The van der Waals surface area contributed by atoms with Gasteiger partial charge >= 0.3 is 0 Å². The predicted molar refractivity (Wildman–Crippen MR) is 121 cm³/mol. The lowest BCUT2D eigenvalue weighted by Gasteiger charge is -2.16. The van der Waals surface area contributed by atoms with Crippen molar-refractivity contribution in [3.8, 4) is 0 Å². The number of rotatable bonds is 5. The number of aryl methyl sites for hydroxylation is 2. The van der Waals surface area contributed by atoms with Crippen molar-refractivity contribution in [2.45, 2.75) is 20.3 Å². The molecule has 2 amide bonds. The maximum atomic E-state index is 13.4. The van der Waals surface area contributed by atoms with Crippen LogP contribution in [-0.4, -0.2) is 11.8 Å². The zero-order valence-corrected chi connectivity index (χ0v) is 17.5. The quantitative estimate of drug-likeness (QED) is 0.550. The average molecular weight is 417 g/mol. The third-order valence-corrected chi connectivity index (χ3v) is 5.60. The molecule has 1 N–H and O–H groups in total. The van der Waals surface area contributed by atoms with E-state index in [1.165, 1.54) is 4.90 Å². The fourth-order valence-corrected chi connectivity index (χ4v) is 3.63. The van der Waals surface area contributed by atoms with Gasteiger partial charge in [0.05, 0.1) is 11.3 Å². The maximum absolute atomic E-state index is 13.4. The van der Waals surface area contributed by atoms with Crippen LogP contribution in [0.5, 0.6) is 0 Å². The summed E-state index contributed by atoms with van der Waals surface area (Å²) >= 11 is 6.25. The lowest BCUT2D eigenvalue weighted by atomic mass is 10.0. The third kappa shape index (κ3) is 3.62. The molecule has 3 aromatic rings. The number of carbonyl (C=O) groups excluding carboxylic acids is 2. The summed E-state index contributed by atoms with van der Waals surface area (Å²) in [6, 6.07) is 22.2. The molecular formula is C25H21ClN2O2.